The molecule has 0 unspecified atom stereocenters. The quantitative estimate of drug-likeness (QED) is 0.317. The van der Waals surface area contributed by atoms with Crippen molar-refractivity contribution in [2.45, 2.75) is 13.3 Å². The number of hydrogen-bond acceptors (Lipinski definition) is 5. The van der Waals surface area contributed by atoms with Gasteiger partial charge in [0.15, 0.2) is 0 Å². The molecule has 0 aliphatic rings. The van der Waals surface area contributed by atoms with E-state index in [1.54, 1.807) is 48.5 Å². The number of amides is 1. The van der Waals surface area contributed by atoms with Gasteiger partial charge in [0, 0.05) is 24.5 Å². The zero-order valence-corrected chi connectivity index (χ0v) is 17.6. The van der Waals surface area contributed by atoms with Crippen molar-refractivity contribution in [1.29, 1.82) is 0 Å². The maximum atomic E-state index is 11.6. The second-order valence-electron chi connectivity index (χ2n) is 7.34. The van der Waals surface area contributed by atoms with E-state index in [4.69, 9.17) is 0 Å². The summed E-state index contributed by atoms with van der Waals surface area (Å²) < 4.78 is 0. The summed E-state index contributed by atoms with van der Waals surface area (Å²) in [5.74, 6) is -3.69. The molecule has 0 saturated heterocycles. The van der Waals surface area contributed by atoms with Gasteiger partial charge in [-0.2, -0.15) is 0 Å². The van der Waals surface area contributed by atoms with Crippen LogP contribution in [0.2, 0.25) is 0 Å². The van der Waals surface area contributed by atoms with Gasteiger partial charge in [0.2, 0.25) is 5.91 Å². The van der Waals surface area contributed by atoms with Crippen molar-refractivity contribution in [2.24, 2.45) is 5.73 Å². The summed E-state index contributed by atoms with van der Waals surface area (Å²) in [7, 11) is 0. The summed E-state index contributed by atoms with van der Waals surface area (Å²) in [6, 6.07) is 16.8. The van der Waals surface area contributed by atoms with Gasteiger partial charge in [0.05, 0.1) is 0 Å². The van der Waals surface area contributed by atoms with E-state index in [9.17, 15) is 34.8 Å². The number of hydrogen-bond donors (Lipinski definition) is 5. The van der Waals surface area contributed by atoms with Crippen molar-refractivity contribution in [2.75, 3.05) is 0 Å². The van der Waals surface area contributed by atoms with Crippen molar-refractivity contribution in [3.63, 3.8) is 0 Å². The molecular weight excluding hydrogens is 426 g/mol. The molecule has 0 saturated carbocycles. The van der Waals surface area contributed by atoms with Gasteiger partial charge in [-0.15, -0.1) is 0 Å². The Morgan fingerprint density at radius 3 is 1.39 bits per heavy atom. The van der Waals surface area contributed by atoms with E-state index in [-0.39, 0.29) is 23.5 Å². The molecule has 6 N–H and O–H groups in total. The van der Waals surface area contributed by atoms with E-state index in [1.165, 1.54) is 19.1 Å². The largest absolute Gasteiger partial charge is 0.507 e. The van der Waals surface area contributed by atoms with Gasteiger partial charge < -0.3 is 26.2 Å². The number of phenols is 2. The summed E-state index contributed by atoms with van der Waals surface area (Å²) in [5.41, 5.74) is 4.58. The summed E-state index contributed by atoms with van der Waals surface area (Å²) >= 11 is 0. The van der Waals surface area contributed by atoms with E-state index >= 15 is 0 Å². The maximum Gasteiger partial charge on any atom is 0.339 e. The molecule has 8 nitrogen and oxygen atoms in total. The Morgan fingerprint density at radius 1 is 0.727 bits per heavy atom. The lowest BCUT2D eigenvalue weighted by Crippen LogP contribution is -2.04. The summed E-state index contributed by atoms with van der Waals surface area (Å²) in [4.78, 5) is 32.4. The first kappa shape index (κ1) is 23.1. The standard InChI is InChI=1S/C23H16O6.C2H5NO/c24-20-16(14-7-3-1-5-12(14)9-18(20)22(26)27)11-17-15-8-4-2-6-13(15)10-19(21(17)25)23(28)29;1-2(3)4/h1-10,24-25H,11H2,(H,26,27)(H,28,29);1H3,(H2,3,4). The molecule has 4 aromatic rings. The van der Waals surface area contributed by atoms with Crippen LogP contribution in [0.3, 0.4) is 0 Å². The third kappa shape index (κ3) is 4.69. The average molecular weight is 447 g/mol. The van der Waals surface area contributed by atoms with Crippen molar-refractivity contribution in [3.8, 4) is 11.5 Å². The molecule has 0 bridgehead atoms. The first-order chi connectivity index (χ1) is 15.6. The van der Waals surface area contributed by atoms with E-state index in [2.05, 4.69) is 5.73 Å². The Bertz CT molecular complexity index is 1300. The first-order valence-corrected chi connectivity index (χ1v) is 9.81. The highest BCUT2D eigenvalue weighted by molar-refractivity contribution is 6.02. The number of rotatable bonds is 4. The molecule has 0 fully saturated rings. The fraction of sp³-hybridized carbons (Fsp3) is 0.0800. The molecule has 0 atom stereocenters. The Balaban J connectivity index is 0.000000709. The number of primary amides is 1. The highest BCUT2D eigenvalue weighted by atomic mass is 16.4. The van der Waals surface area contributed by atoms with Gasteiger partial charge in [-0.05, 0) is 33.7 Å². The molecule has 168 valence electrons. The summed E-state index contributed by atoms with van der Waals surface area (Å²) in [5, 5.41) is 42.8. The zero-order valence-electron chi connectivity index (χ0n) is 17.6. The summed E-state index contributed by atoms with van der Waals surface area (Å²) in [6.07, 6.45) is -0.0407. The van der Waals surface area contributed by atoms with Crippen LogP contribution < -0.4 is 5.73 Å². The molecule has 8 heteroatoms. The number of benzene rings is 4. The monoisotopic (exact) mass is 447 g/mol. The third-order valence-electron chi connectivity index (χ3n) is 5.07. The van der Waals surface area contributed by atoms with E-state index in [0.29, 0.717) is 32.7 Å². The summed E-state index contributed by atoms with van der Waals surface area (Å²) in [6.45, 7) is 1.31. The minimum atomic E-state index is -1.28. The Kier molecular flexibility index (Phi) is 6.48. The average Bonchev–Trinajstić information content (AvgIpc) is 2.75. The third-order valence-corrected chi connectivity index (χ3v) is 5.07. The van der Waals surface area contributed by atoms with Crippen LogP contribution in [0.25, 0.3) is 21.5 Å². The number of carbonyl (C=O) groups excluding carboxylic acids is 1. The van der Waals surface area contributed by atoms with Crippen LogP contribution in [-0.4, -0.2) is 38.3 Å². The highest BCUT2D eigenvalue weighted by Crippen LogP contribution is 2.38. The number of carboxylic acids is 2. The molecule has 4 rings (SSSR count). The molecule has 0 radical (unpaired) electrons. The van der Waals surface area contributed by atoms with Gasteiger partial charge in [-0.3, -0.25) is 4.79 Å². The Morgan fingerprint density at radius 2 is 1.06 bits per heavy atom. The van der Waals surface area contributed by atoms with E-state index in [0.717, 1.165) is 0 Å². The molecule has 0 spiro atoms. The number of aromatic carboxylic acids is 2. The van der Waals surface area contributed by atoms with Crippen LogP contribution in [0.5, 0.6) is 11.5 Å². The van der Waals surface area contributed by atoms with Gasteiger partial charge >= 0.3 is 11.9 Å². The van der Waals surface area contributed by atoms with Crippen LogP contribution >= 0.6 is 0 Å². The zero-order chi connectivity index (χ0) is 24.3. The van der Waals surface area contributed by atoms with Crippen LogP contribution in [0.1, 0.15) is 38.8 Å². The lowest BCUT2D eigenvalue weighted by molar-refractivity contribution is -0.115. The number of aromatic hydroxyl groups is 2. The second kappa shape index (κ2) is 9.27. The Labute approximate surface area is 188 Å². The number of fused-ring (bicyclic) bond motifs is 2. The maximum absolute atomic E-state index is 11.6. The van der Waals surface area contributed by atoms with Crippen molar-refractivity contribution in [3.05, 3.63) is 82.9 Å². The van der Waals surface area contributed by atoms with Crippen LogP contribution in [0.15, 0.2) is 60.7 Å². The number of carbonyl (C=O) groups is 3. The fourth-order valence-corrected chi connectivity index (χ4v) is 3.68. The molecule has 33 heavy (non-hydrogen) atoms. The van der Waals surface area contributed by atoms with Crippen LogP contribution in [0.4, 0.5) is 0 Å². The van der Waals surface area contributed by atoms with Gasteiger partial charge in [-0.1, -0.05) is 48.5 Å². The molecule has 1 amide bonds. The van der Waals surface area contributed by atoms with Crippen molar-refractivity contribution < 1.29 is 34.8 Å². The lowest BCUT2D eigenvalue weighted by atomic mass is 9.90. The molecule has 0 aromatic heterocycles. The topological polar surface area (TPSA) is 158 Å². The molecule has 0 aliphatic heterocycles. The predicted molar refractivity (Wildman–Crippen MR) is 123 cm³/mol. The van der Waals surface area contributed by atoms with Gasteiger partial charge in [-0.25, -0.2) is 9.59 Å². The first-order valence-electron chi connectivity index (χ1n) is 9.81. The van der Waals surface area contributed by atoms with Crippen LogP contribution in [0, 0.1) is 0 Å². The minimum Gasteiger partial charge on any atom is -0.507 e. The lowest BCUT2D eigenvalue weighted by Gasteiger charge is -2.16. The SMILES string of the molecule is CC(N)=O.O=C(O)c1cc2ccccc2c(Cc2c(O)c(C(=O)O)cc3ccccc23)c1O. The highest BCUT2D eigenvalue weighted by Gasteiger charge is 2.22. The van der Waals surface area contributed by atoms with Crippen molar-refractivity contribution >= 4 is 39.4 Å². The number of carboxylic acid groups (broad SMARTS) is 2. The van der Waals surface area contributed by atoms with Crippen molar-refractivity contribution in [1.82, 2.24) is 0 Å². The molecule has 4 aromatic carbocycles. The van der Waals surface area contributed by atoms with Gasteiger partial charge in [0.25, 0.3) is 0 Å². The van der Waals surface area contributed by atoms with E-state index < -0.39 is 23.4 Å². The van der Waals surface area contributed by atoms with Gasteiger partial charge in [0.1, 0.15) is 22.6 Å². The normalized spacial score (nSPS) is 10.5. The minimum absolute atomic E-state index is 0.0407. The second-order valence-corrected chi connectivity index (χ2v) is 7.34. The van der Waals surface area contributed by atoms with Crippen LogP contribution in [-0.2, 0) is 11.2 Å². The smallest absolute Gasteiger partial charge is 0.339 e. The Hall–Kier alpha value is -4.59. The molecular formula is C25H21NO7. The predicted octanol–water partition coefficient (Wildman–Crippen LogP) is 3.88. The number of nitrogens with two attached hydrogens (primary N) is 1. The molecule has 0 heterocycles. The fourth-order valence-electron chi connectivity index (χ4n) is 3.68. The van der Waals surface area contributed by atoms with E-state index in [1.807, 2.05) is 0 Å². The molecule has 0 aliphatic carbocycles.